The van der Waals surface area contributed by atoms with Crippen LogP contribution >= 0.6 is 0 Å². The average molecular weight is 539 g/mol. The van der Waals surface area contributed by atoms with Crippen LogP contribution in [0.3, 0.4) is 0 Å². The van der Waals surface area contributed by atoms with Gasteiger partial charge < -0.3 is 20.4 Å². The predicted octanol–water partition coefficient (Wildman–Crippen LogP) is 4.84. The highest BCUT2D eigenvalue weighted by molar-refractivity contribution is 5.96. The molecule has 5 rings (SSSR count). The highest BCUT2D eigenvalue weighted by Gasteiger charge is 2.18. The summed E-state index contributed by atoms with van der Waals surface area (Å²) in [5.41, 5.74) is 6.10. The highest BCUT2D eigenvalue weighted by atomic mass is 16.1. The molecule has 0 unspecified atom stereocenters. The summed E-state index contributed by atoms with van der Waals surface area (Å²) >= 11 is 0. The predicted molar refractivity (Wildman–Crippen MR) is 160 cm³/mol. The van der Waals surface area contributed by atoms with Gasteiger partial charge in [-0.15, -0.1) is 0 Å². The van der Waals surface area contributed by atoms with Gasteiger partial charge in [0, 0.05) is 37.4 Å². The molecule has 0 saturated carbocycles. The average Bonchev–Trinajstić information content (AvgIpc) is 3.17. The Bertz CT molecular complexity index is 1500. The lowest BCUT2D eigenvalue weighted by Crippen LogP contribution is -2.30. The van der Waals surface area contributed by atoms with Crippen molar-refractivity contribution in [2.45, 2.75) is 46.1 Å². The van der Waals surface area contributed by atoms with Crippen LogP contribution < -0.4 is 15.5 Å². The first-order valence-electron chi connectivity index (χ1n) is 13.8. The number of likely N-dealkylation sites (N-methyl/N-ethyl adjacent to an activating group) is 1. The fraction of sp³-hybridized carbons (Fsp3) is 0.387. The number of carbonyl (C=O) groups is 1. The maximum atomic E-state index is 13.0. The Morgan fingerprint density at radius 3 is 2.55 bits per heavy atom. The van der Waals surface area contributed by atoms with Crippen LogP contribution in [0.25, 0.3) is 11.0 Å². The molecule has 0 spiro atoms. The number of anilines is 3. The van der Waals surface area contributed by atoms with Crippen molar-refractivity contribution in [3.8, 4) is 0 Å². The molecule has 3 heterocycles. The summed E-state index contributed by atoms with van der Waals surface area (Å²) in [5.74, 6) is 1.13. The van der Waals surface area contributed by atoms with Crippen molar-refractivity contribution in [2.24, 2.45) is 0 Å². The minimum absolute atomic E-state index is 0.0968. The van der Waals surface area contributed by atoms with E-state index in [1.807, 2.05) is 25.1 Å². The van der Waals surface area contributed by atoms with Crippen LogP contribution in [0, 0.1) is 6.92 Å². The van der Waals surface area contributed by atoms with Crippen LogP contribution in [-0.2, 0) is 12.0 Å². The third-order valence-corrected chi connectivity index (χ3v) is 7.39. The van der Waals surface area contributed by atoms with Crippen LogP contribution in [0.2, 0.25) is 0 Å². The van der Waals surface area contributed by atoms with Gasteiger partial charge in [0.2, 0.25) is 5.95 Å². The summed E-state index contributed by atoms with van der Waals surface area (Å²) < 4.78 is 0. The maximum absolute atomic E-state index is 13.0. The number of hydrogen-bond acceptors (Lipinski definition) is 8. The van der Waals surface area contributed by atoms with Gasteiger partial charge in [0.1, 0.15) is 17.4 Å². The summed E-state index contributed by atoms with van der Waals surface area (Å²) in [6, 6.07) is 14.0. The molecule has 0 aliphatic carbocycles. The largest absolute Gasteiger partial charge is 0.348 e. The van der Waals surface area contributed by atoms with Gasteiger partial charge in [-0.2, -0.15) is 0 Å². The molecule has 2 aromatic heterocycles. The van der Waals surface area contributed by atoms with E-state index in [1.54, 1.807) is 6.20 Å². The quantitative estimate of drug-likeness (QED) is 0.360. The number of benzene rings is 2. The lowest BCUT2D eigenvalue weighted by molar-refractivity contribution is 0.0951. The zero-order valence-corrected chi connectivity index (χ0v) is 24.0. The van der Waals surface area contributed by atoms with Crippen LogP contribution in [-0.4, -0.2) is 64.0 Å². The first-order chi connectivity index (χ1) is 19.2. The van der Waals surface area contributed by atoms with Gasteiger partial charge in [-0.25, -0.2) is 19.9 Å². The zero-order valence-electron chi connectivity index (χ0n) is 24.0. The topological polar surface area (TPSA) is 99.2 Å². The number of aryl methyl sites for hydroxylation is 1. The van der Waals surface area contributed by atoms with Crippen molar-refractivity contribution in [2.75, 3.05) is 43.4 Å². The molecular formula is C31H38N8O. The number of carbonyl (C=O) groups excluding carboxylic acids is 1. The van der Waals surface area contributed by atoms with E-state index in [4.69, 9.17) is 4.98 Å². The molecule has 1 aliphatic rings. The molecule has 0 atom stereocenters. The molecule has 0 radical (unpaired) electrons. The Hall–Kier alpha value is -4.11. The van der Waals surface area contributed by atoms with E-state index in [2.05, 4.69) is 87.5 Å². The number of hydrogen-bond donors (Lipinski definition) is 2. The number of aromatic nitrogens is 4. The molecular weight excluding hydrogens is 500 g/mol. The molecule has 1 aliphatic heterocycles. The molecule has 9 nitrogen and oxygen atoms in total. The number of fused-ring (bicyclic) bond motifs is 1. The summed E-state index contributed by atoms with van der Waals surface area (Å²) in [6.45, 7) is 12.8. The monoisotopic (exact) mass is 538 g/mol. The standard InChI is InChI=1S/C31H38N8O/c1-21-7-10-23(29(40)32-18-22-8-11-24(12-9-22)31(2,3)4)17-25(21)36-28-27-26(34-20-35-28)19-33-30(37-27)39-14-6-13-38(5)15-16-39/h7-12,17,19-20H,6,13-16,18H2,1-5H3,(H,32,40)(H,34,35,36). The van der Waals surface area contributed by atoms with Gasteiger partial charge in [0.05, 0.1) is 6.20 Å². The Morgan fingerprint density at radius 2 is 1.77 bits per heavy atom. The third kappa shape index (κ3) is 6.37. The molecule has 208 valence electrons. The van der Waals surface area contributed by atoms with Crippen LogP contribution in [0.5, 0.6) is 0 Å². The molecule has 0 bridgehead atoms. The lowest BCUT2D eigenvalue weighted by Gasteiger charge is -2.20. The van der Waals surface area contributed by atoms with E-state index in [-0.39, 0.29) is 11.3 Å². The SMILES string of the molecule is Cc1ccc(C(=O)NCc2ccc(C(C)(C)C)cc2)cc1Nc1ncnc2cnc(N3CCCN(C)CC3)nc12. The van der Waals surface area contributed by atoms with Gasteiger partial charge in [0.15, 0.2) is 5.82 Å². The highest BCUT2D eigenvalue weighted by Crippen LogP contribution is 2.26. The number of nitrogens with zero attached hydrogens (tertiary/aromatic N) is 6. The molecule has 9 heteroatoms. The van der Waals surface area contributed by atoms with Crippen molar-refractivity contribution in [3.05, 3.63) is 77.2 Å². The first kappa shape index (κ1) is 27.5. The first-order valence-corrected chi connectivity index (χ1v) is 13.8. The zero-order chi connectivity index (χ0) is 28.3. The van der Waals surface area contributed by atoms with Gasteiger partial charge in [-0.3, -0.25) is 4.79 Å². The van der Waals surface area contributed by atoms with Crippen LogP contribution in [0.15, 0.2) is 55.0 Å². The fourth-order valence-corrected chi connectivity index (χ4v) is 4.77. The van der Waals surface area contributed by atoms with Crippen molar-refractivity contribution in [1.82, 2.24) is 30.2 Å². The minimum atomic E-state index is -0.133. The van der Waals surface area contributed by atoms with Gasteiger partial charge in [0.25, 0.3) is 5.91 Å². The van der Waals surface area contributed by atoms with Crippen molar-refractivity contribution >= 4 is 34.4 Å². The van der Waals surface area contributed by atoms with Gasteiger partial charge in [-0.05, 0) is 61.2 Å². The van der Waals surface area contributed by atoms with Crippen molar-refractivity contribution in [1.29, 1.82) is 0 Å². The smallest absolute Gasteiger partial charge is 0.251 e. The van der Waals surface area contributed by atoms with Crippen LogP contribution in [0.4, 0.5) is 17.5 Å². The van der Waals surface area contributed by atoms with Crippen molar-refractivity contribution < 1.29 is 4.79 Å². The Balaban J connectivity index is 1.33. The molecule has 40 heavy (non-hydrogen) atoms. The number of nitrogens with one attached hydrogen (secondary N) is 2. The second-order valence-electron chi connectivity index (χ2n) is 11.6. The third-order valence-electron chi connectivity index (χ3n) is 7.39. The summed E-state index contributed by atoms with van der Waals surface area (Å²) in [4.78, 5) is 35.9. The summed E-state index contributed by atoms with van der Waals surface area (Å²) in [7, 11) is 2.14. The van der Waals surface area contributed by atoms with Crippen LogP contribution in [0.1, 0.15) is 54.2 Å². The lowest BCUT2D eigenvalue weighted by atomic mass is 9.87. The Labute approximate surface area is 236 Å². The summed E-state index contributed by atoms with van der Waals surface area (Å²) in [5, 5.41) is 6.45. The summed E-state index contributed by atoms with van der Waals surface area (Å²) in [6.07, 6.45) is 4.32. The second-order valence-corrected chi connectivity index (χ2v) is 11.6. The second kappa shape index (κ2) is 11.6. The normalized spacial score (nSPS) is 14.7. The molecule has 2 N–H and O–H groups in total. The molecule has 1 amide bonds. The minimum Gasteiger partial charge on any atom is -0.348 e. The fourth-order valence-electron chi connectivity index (χ4n) is 4.77. The van der Waals surface area contributed by atoms with Crippen molar-refractivity contribution in [3.63, 3.8) is 0 Å². The van der Waals surface area contributed by atoms with Gasteiger partial charge in [-0.1, -0.05) is 51.1 Å². The number of rotatable bonds is 6. The van der Waals surface area contributed by atoms with E-state index < -0.39 is 0 Å². The van der Waals surface area contributed by atoms with Gasteiger partial charge >= 0.3 is 0 Å². The van der Waals surface area contributed by atoms with E-state index >= 15 is 0 Å². The van der Waals surface area contributed by atoms with E-state index in [0.29, 0.717) is 34.9 Å². The van der Waals surface area contributed by atoms with E-state index in [9.17, 15) is 4.79 Å². The Kier molecular flexibility index (Phi) is 7.93. The molecule has 4 aromatic rings. The molecule has 1 saturated heterocycles. The number of amides is 1. The molecule has 2 aromatic carbocycles. The van der Waals surface area contributed by atoms with E-state index in [1.165, 1.54) is 11.9 Å². The maximum Gasteiger partial charge on any atom is 0.251 e. The Morgan fingerprint density at radius 1 is 0.975 bits per heavy atom. The molecule has 1 fully saturated rings. The van der Waals surface area contributed by atoms with E-state index in [0.717, 1.165) is 49.4 Å².